The standard InChI is InChI=1S/C24H26N2O4/c1-29-19-11-7-8-17(14-19)15-22-24(28)26(20-12-5-6-13-21(20)30-22)16-23(27)25-18-9-3-2-4-10-18/h5-8,11-15,18H,2-4,9-10,16H2,1H3,(H,25,27)/b22-15+. The fraction of sp³-hybridized carbons (Fsp3) is 0.333. The van der Waals surface area contributed by atoms with Crippen LogP contribution in [0.3, 0.4) is 0 Å². The van der Waals surface area contributed by atoms with E-state index in [0.29, 0.717) is 17.2 Å². The number of hydrogen-bond acceptors (Lipinski definition) is 4. The van der Waals surface area contributed by atoms with E-state index in [0.717, 1.165) is 31.2 Å². The van der Waals surface area contributed by atoms with Crippen molar-refractivity contribution in [1.29, 1.82) is 0 Å². The zero-order valence-electron chi connectivity index (χ0n) is 17.1. The first kappa shape index (κ1) is 20.0. The quantitative estimate of drug-likeness (QED) is 0.765. The minimum absolute atomic E-state index is 0.0366. The molecule has 1 aliphatic heterocycles. The van der Waals surface area contributed by atoms with Gasteiger partial charge in [-0.3, -0.25) is 14.5 Å². The van der Waals surface area contributed by atoms with Crippen LogP contribution in [-0.4, -0.2) is 31.5 Å². The lowest BCUT2D eigenvalue weighted by atomic mass is 9.95. The Morgan fingerprint density at radius 3 is 2.77 bits per heavy atom. The van der Waals surface area contributed by atoms with Gasteiger partial charge in [-0.05, 0) is 48.7 Å². The Bertz CT molecular complexity index is 963. The van der Waals surface area contributed by atoms with Gasteiger partial charge in [-0.1, -0.05) is 43.5 Å². The maximum atomic E-state index is 13.2. The van der Waals surface area contributed by atoms with E-state index in [1.807, 2.05) is 36.4 Å². The lowest BCUT2D eigenvalue weighted by Crippen LogP contribution is -2.47. The van der Waals surface area contributed by atoms with Gasteiger partial charge in [0.15, 0.2) is 11.5 Å². The molecule has 156 valence electrons. The largest absolute Gasteiger partial charge is 0.497 e. The molecule has 1 fully saturated rings. The minimum atomic E-state index is -0.338. The Morgan fingerprint density at radius 1 is 1.17 bits per heavy atom. The van der Waals surface area contributed by atoms with Crippen molar-refractivity contribution < 1.29 is 19.1 Å². The van der Waals surface area contributed by atoms with E-state index >= 15 is 0 Å². The van der Waals surface area contributed by atoms with Crippen LogP contribution >= 0.6 is 0 Å². The van der Waals surface area contributed by atoms with E-state index in [9.17, 15) is 9.59 Å². The fourth-order valence-corrected chi connectivity index (χ4v) is 3.97. The van der Waals surface area contributed by atoms with Crippen LogP contribution in [-0.2, 0) is 9.59 Å². The molecule has 1 aliphatic carbocycles. The lowest BCUT2D eigenvalue weighted by Gasteiger charge is -2.31. The normalized spacial score (nSPS) is 18.0. The molecule has 0 unspecified atom stereocenters. The van der Waals surface area contributed by atoms with Crippen LogP contribution in [0.2, 0.25) is 0 Å². The van der Waals surface area contributed by atoms with Gasteiger partial charge in [-0.15, -0.1) is 0 Å². The zero-order valence-corrected chi connectivity index (χ0v) is 17.1. The summed E-state index contributed by atoms with van der Waals surface area (Å²) >= 11 is 0. The third kappa shape index (κ3) is 4.48. The van der Waals surface area contributed by atoms with Crippen LogP contribution in [0, 0.1) is 0 Å². The van der Waals surface area contributed by atoms with Crippen LogP contribution in [0.15, 0.2) is 54.3 Å². The van der Waals surface area contributed by atoms with E-state index in [2.05, 4.69) is 5.32 Å². The Kier molecular flexibility index (Phi) is 6.02. The van der Waals surface area contributed by atoms with Crippen LogP contribution < -0.4 is 19.7 Å². The summed E-state index contributed by atoms with van der Waals surface area (Å²) in [5, 5.41) is 3.09. The number of amides is 2. The number of nitrogens with one attached hydrogen (secondary N) is 1. The summed E-state index contributed by atoms with van der Waals surface area (Å²) in [7, 11) is 1.59. The van der Waals surface area contributed by atoms with Crippen molar-refractivity contribution >= 4 is 23.6 Å². The average molecular weight is 406 g/mol. The molecule has 2 amide bonds. The third-order valence-corrected chi connectivity index (χ3v) is 5.50. The number of fused-ring (bicyclic) bond motifs is 1. The van der Waals surface area contributed by atoms with Crippen molar-refractivity contribution in [2.24, 2.45) is 0 Å². The SMILES string of the molecule is COc1cccc(/C=C2/Oc3ccccc3N(CC(=O)NC3CCCCC3)C2=O)c1. The molecule has 30 heavy (non-hydrogen) atoms. The molecule has 2 aliphatic rings. The van der Waals surface area contributed by atoms with Gasteiger partial charge in [0, 0.05) is 6.04 Å². The maximum absolute atomic E-state index is 13.2. The van der Waals surface area contributed by atoms with E-state index in [1.54, 1.807) is 25.3 Å². The molecular formula is C24H26N2O4. The molecule has 6 nitrogen and oxygen atoms in total. The number of hydrogen-bond donors (Lipinski definition) is 1. The molecule has 0 aromatic heterocycles. The first-order valence-electron chi connectivity index (χ1n) is 10.4. The van der Waals surface area contributed by atoms with E-state index < -0.39 is 0 Å². The van der Waals surface area contributed by atoms with Crippen molar-refractivity contribution in [2.75, 3.05) is 18.6 Å². The van der Waals surface area contributed by atoms with Gasteiger partial charge in [0.1, 0.15) is 12.3 Å². The van der Waals surface area contributed by atoms with E-state index in [-0.39, 0.29) is 30.2 Å². The number of carbonyl (C=O) groups excluding carboxylic acids is 2. The van der Waals surface area contributed by atoms with E-state index in [4.69, 9.17) is 9.47 Å². The Labute approximate surface area is 176 Å². The second-order valence-electron chi connectivity index (χ2n) is 7.65. The molecule has 2 aromatic carbocycles. The van der Waals surface area contributed by atoms with Crippen molar-refractivity contribution in [2.45, 2.75) is 38.1 Å². The first-order valence-corrected chi connectivity index (χ1v) is 10.4. The number of anilines is 1. The average Bonchev–Trinajstić information content (AvgIpc) is 2.77. The number of nitrogens with zero attached hydrogens (tertiary/aromatic N) is 1. The summed E-state index contributed by atoms with van der Waals surface area (Å²) < 4.78 is 11.1. The highest BCUT2D eigenvalue weighted by molar-refractivity contribution is 6.12. The van der Waals surface area contributed by atoms with Crippen LogP contribution in [0.1, 0.15) is 37.7 Å². The van der Waals surface area contributed by atoms with Gasteiger partial charge in [0.05, 0.1) is 12.8 Å². The van der Waals surface area contributed by atoms with E-state index in [1.165, 1.54) is 11.3 Å². The van der Waals surface area contributed by atoms with Crippen molar-refractivity contribution in [3.8, 4) is 11.5 Å². The zero-order chi connectivity index (χ0) is 20.9. The van der Waals surface area contributed by atoms with Gasteiger partial charge >= 0.3 is 0 Å². The predicted octanol–water partition coefficient (Wildman–Crippen LogP) is 3.91. The lowest BCUT2D eigenvalue weighted by molar-refractivity contribution is -0.124. The number of para-hydroxylation sites is 2. The van der Waals surface area contributed by atoms with Crippen LogP contribution in [0.5, 0.6) is 11.5 Å². The smallest absolute Gasteiger partial charge is 0.294 e. The fourth-order valence-electron chi connectivity index (χ4n) is 3.97. The predicted molar refractivity (Wildman–Crippen MR) is 115 cm³/mol. The first-order chi connectivity index (χ1) is 14.6. The summed E-state index contributed by atoms with van der Waals surface area (Å²) in [6.45, 7) is -0.0366. The summed E-state index contributed by atoms with van der Waals surface area (Å²) in [6, 6.07) is 14.8. The van der Waals surface area contributed by atoms with Gasteiger partial charge in [0.25, 0.3) is 5.91 Å². The Hall–Kier alpha value is -3.28. The highest BCUT2D eigenvalue weighted by Gasteiger charge is 2.32. The van der Waals surface area contributed by atoms with Crippen molar-refractivity contribution in [3.05, 3.63) is 59.9 Å². The number of carbonyl (C=O) groups is 2. The Morgan fingerprint density at radius 2 is 1.97 bits per heavy atom. The summed E-state index contributed by atoms with van der Waals surface area (Å²) in [6.07, 6.45) is 7.17. The number of methoxy groups -OCH3 is 1. The molecule has 0 spiro atoms. The molecule has 0 atom stereocenters. The van der Waals surface area contributed by atoms with Crippen molar-refractivity contribution in [1.82, 2.24) is 5.32 Å². The summed E-state index contributed by atoms with van der Waals surface area (Å²) in [5.74, 6) is 0.934. The molecule has 0 bridgehead atoms. The highest BCUT2D eigenvalue weighted by atomic mass is 16.5. The maximum Gasteiger partial charge on any atom is 0.294 e. The summed E-state index contributed by atoms with van der Waals surface area (Å²) in [4.78, 5) is 27.4. The molecule has 1 saturated carbocycles. The highest BCUT2D eigenvalue weighted by Crippen LogP contribution is 2.35. The van der Waals surface area contributed by atoms with Crippen LogP contribution in [0.4, 0.5) is 5.69 Å². The molecular weight excluding hydrogens is 380 g/mol. The van der Waals surface area contributed by atoms with Gasteiger partial charge < -0.3 is 14.8 Å². The Balaban J connectivity index is 1.57. The van der Waals surface area contributed by atoms with Gasteiger partial charge in [-0.2, -0.15) is 0 Å². The second-order valence-corrected chi connectivity index (χ2v) is 7.65. The molecule has 1 N–H and O–H groups in total. The van der Waals surface area contributed by atoms with Gasteiger partial charge in [-0.25, -0.2) is 0 Å². The monoisotopic (exact) mass is 406 g/mol. The minimum Gasteiger partial charge on any atom is -0.497 e. The summed E-state index contributed by atoms with van der Waals surface area (Å²) in [5.41, 5.74) is 1.38. The number of rotatable bonds is 5. The van der Waals surface area contributed by atoms with Crippen LogP contribution in [0.25, 0.3) is 6.08 Å². The molecule has 0 radical (unpaired) electrons. The topological polar surface area (TPSA) is 67.9 Å². The molecule has 0 saturated heterocycles. The van der Waals surface area contributed by atoms with Gasteiger partial charge in [0.2, 0.25) is 5.91 Å². The molecule has 2 aromatic rings. The molecule has 1 heterocycles. The third-order valence-electron chi connectivity index (χ3n) is 5.50. The van der Waals surface area contributed by atoms with Crippen molar-refractivity contribution in [3.63, 3.8) is 0 Å². The molecule has 4 rings (SSSR count). The number of ether oxygens (including phenoxy) is 2. The second kappa shape index (κ2) is 9.03. The number of benzene rings is 2. The molecule has 6 heteroatoms.